The molecule has 0 N–H and O–H groups in total. The normalized spacial score (nSPS) is 16.8. The van der Waals surface area contributed by atoms with E-state index < -0.39 is 0 Å². The highest BCUT2D eigenvalue weighted by molar-refractivity contribution is 6.00. The van der Waals surface area contributed by atoms with E-state index in [0.29, 0.717) is 30.2 Å². The van der Waals surface area contributed by atoms with Crippen molar-refractivity contribution in [3.63, 3.8) is 0 Å². The van der Waals surface area contributed by atoms with Gasteiger partial charge in [-0.25, -0.2) is 9.97 Å². The van der Waals surface area contributed by atoms with Crippen molar-refractivity contribution in [2.24, 2.45) is 0 Å². The fourth-order valence-corrected chi connectivity index (χ4v) is 3.49. The average molecular weight is 367 g/mol. The number of rotatable bonds is 5. The van der Waals surface area contributed by atoms with E-state index in [9.17, 15) is 9.59 Å². The number of ether oxygens (including phenoxy) is 1. The van der Waals surface area contributed by atoms with E-state index in [4.69, 9.17) is 4.74 Å². The maximum atomic E-state index is 13.3. The molecule has 0 saturated carbocycles. The predicted octanol–water partition coefficient (Wildman–Crippen LogP) is 3.40. The van der Waals surface area contributed by atoms with Crippen LogP contribution >= 0.6 is 0 Å². The van der Waals surface area contributed by atoms with Crippen molar-refractivity contribution in [1.82, 2.24) is 14.9 Å². The molecule has 0 spiro atoms. The van der Waals surface area contributed by atoms with Crippen molar-refractivity contribution < 1.29 is 14.3 Å². The van der Waals surface area contributed by atoms with Crippen LogP contribution in [0.3, 0.4) is 0 Å². The second-order valence-electron chi connectivity index (χ2n) is 6.70. The fourth-order valence-electron chi connectivity index (χ4n) is 3.49. The van der Waals surface area contributed by atoms with Crippen LogP contribution in [-0.2, 0) is 9.53 Å². The number of carbonyl (C=O) groups is 2. The third-order valence-corrected chi connectivity index (χ3v) is 4.78. The maximum absolute atomic E-state index is 13.3. The zero-order valence-corrected chi connectivity index (χ0v) is 15.9. The van der Waals surface area contributed by atoms with Crippen molar-refractivity contribution in [2.75, 3.05) is 13.2 Å². The summed E-state index contributed by atoms with van der Waals surface area (Å²) in [5, 5.41) is 0. The molecule has 1 aliphatic rings. The maximum Gasteiger partial charge on any atom is 0.307 e. The van der Waals surface area contributed by atoms with Crippen molar-refractivity contribution >= 4 is 11.9 Å². The second kappa shape index (κ2) is 8.75. The van der Waals surface area contributed by atoms with Crippen LogP contribution in [0.4, 0.5) is 0 Å². The van der Waals surface area contributed by atoms with Crippen LogP contribution in [0, 0.1) is 6.92 Å². The van der Waals surface area contributed by atoms with E-state index >= 15 is 0 Å². The molecule has 1 unspecified atom stereocenters. The van der Waals surface area contributed by atoms with Crippen molar-refractivity contribution in [3.8, 4) is 11.3 Å². The van der Waals surface area contributed by atoms with Gasteiger partial charge in [-0.15, -0.1) is 0 Å². The Labute approximate surface area is 159 Å². The highest BCUT2D eigenvalue weighted by Gasteiger charge is 2.31. The summed E-state index contributed by atoms with van der Waals surface area (Å²) in [5.41, 5.74) is 1.99. The zero-order chi connectivity index (χ0) is 19.2. The van der Waals surface area contributed by atoms with Gasteiger partial charge in [-0.05, 0) is 33.1 Å². The highest BCUT2D eigenvalue weighted by atomic mass is 16.5. The first kappa shape index (κ1) is 19.0. The minimum atomic E-state index is -0.259. The predicted molar refractivity (Wildman–Crippen MR) is 102 cm³/mol. The Morgan fingerprint density at radius 2 is 2.00 bits per heavy atom. The monoisotopic (exact) mass is 367 g/mol. The van der Waals surface area contributed by atoms with Crippen LogP contribution in [-0.4, -0.2) is 45.9 Å². The summed E-state index contributed by atoms with van der Waals surface area (Å²) in [4.78, 5) is 35.9. The Morgan fingerprint density at radius 3 is 2.74 bits per heavy atom. The molecule has 1 fully saturated rings. The van der Waals surface area contributed by atoms with Gasteiger partial charge in [-0.3, -0.25) is 9.59 Å². The van der Waals surface area contributed by atoms with Gasteiger partial charge in [0.2, 0.25) is 0 Å². The summed E-state index contributed by atoms with van der Waals surface area (Å²) in [5.74, 6) is 0.237. The van der Waals surface area contributed by atoms with E-state index in [1.807, 2.05) is 37.3 Å². The van der Waals surface area contributed by atoms with E-state index in [1.54, 1.807) is 18.0 Å². The molecule has 1 aliphatic heterocycles. The number of piperidine rings is 1. The van der Waals surface area contributed by atoms with Gasteiger partial charge in [0.1, 0.15) is 5.82 Å². The molecule has 6 heteroatoms. The second-order valence-corrected chi connectivity index (χ2v) is 6.70. The topological polar surface area (TPSA) is 72.4 Å². The first-order valence-corrected chi connectivity index (χ1v) is 9.45. The summed E-state index contributed by atoms with van der Waals surface area (Å²) in [6, 6.07) is 9.50. The summed E-state index contributed by atoms with van der Waals surface area (Å²) >= 11 is 0. The summed E-state index contributed by atoms with van der Waals surface area (Å²) in [7, 11) is 0. The first-order chi connectivity index (χ1) is 13.1. The van der Waals surface area contributed by atoms with Crippen LogP contribution < -0.4 is 0 Å². The van der Waals surface area contributed by atoms with Crippen LogP contribution in [0.25, 0.3) is 11.3 Å². The third-order valence-electron chi connectivity index (χ3n) is 4.78. The molecule has 1 amide bonds. The van der Waals surface area contributed by atoms with Crippen LogP contribution in [0.15, 0.2) is 36.5 Å². The molecular weight excluding hydrogens is 342 g/mol. The molecule has 0 radical (unpaired) electrons. The quantitative estimate of drug-likeness (QED) is 0.758. The van der Waals surface area contributed by atoms with Gasteiger partial charge < -0.3 is 9.64 Å². The molecule has 1 aromatic heterocycles. The highest BCUT2D eigenvalue weighted by Crippen LogP contribution is 2.27. The van der Waals surface area contributed by atoms with E-state index in [-0.39, 0.29) is 24.3 Å². The smallest absolute Gasteiger partial charge is 0.307 e. The molecule has 1 atom stereocenters. The molecule has 0 bridgehead atoms. The largest absolute Gasteiger partial charge is 0.466 e. The lowest BCUT2D eigenvalue weighted by Gasteiger charge is -2.35. The zero-order valence-electron chi connectivity index (χ0n) is 15.9. The molecule has 2 aromatic rings. The van der Waals surface area contributed by atoms with Gasteiger partial charge >= 0.3 is 5.97 Å². The molecule has 142 valence electrons. The molecule has 6 nitrogen and oxygen atoms in total. The number of carbonyl (C=O) groups excluding carboxylic acids is 2. The Hall–Kier alpha value is -2.76. The van der Waals surface area contributed by atoms with Gasteiger partial charge in [0.15, 0.2) is 0 Å². The van der Waals surface area contributed by atoms with Gasteiger partial charge in [0.25, 0.3) is 5.91 Å². The van der Waals surface area contributed by atoms with Gasteiger partial charge in [0.05, 0.1) is 24.3 Å². The lowest BCUT2D eigenvalue weighted by atomic mass is 9.97. The average Bonchev–Trinajstić information content (AvgIpc) is 2.69. The number of nitrogens with zero attached hydrogens (tertiary/aromatic N) is 3. The number of likely N-dealkylation sites (tertiary alicyclic amines) is 1. The number of benzene rings is 1. The minimum Gasteiger partial charge on any atom is -0.466 e. The standard InChI is InChI=1S/C21H25N3O3/c1-3-27-19(25)13-17-11-7-8-12-24(17)21(26)18-14-22-15(2)23-20(18)16-9-5-4-6-10-16/h4-6,9-10,14,17H,3,7-8,11-13H2,1-2H3. The Kier molecular flexibility index (Phi) is 6.16. The summed E-state index contributed by atoms with van der Waals surface area (Å²) in [6.07, 6.45) is 4.57. The summed E-state index contributed by atoms with van der Waals surface area (Å²) < 4.78 is 5.09. The van der Waals surface area contributed by atoms with Crippen LogP contribution in [0.5, 0.6) is 0 Å². The molecule has 2 heterocycles. The lowest BCUT2D eigenvalue weighted by molar-refractivity contribution is -0.144. The van der Waals surface area contributed by atoms with E-state index in [2.05, 4.69) is 9.97 Å². The Morgan fingerprint density at radius 1 is 1.22 bits per heavy atom. The molecule has 0 aliphatic carbocycles. The Bertz CT molecular complexity index is 808. The fraction of sp³-hybridized carbons (Fsp3) is 0.429. The van der Waals surface area contributed by atoms with Crippen LogP contribution in [0.1, 0.15) is 48.8 Å². The van der Waals surface area contributed by atoms with Crippen molar-refractivity contribution in [3.05, 3.63) is 47.9 Å². The number of esters is 1. The van der Waals surface area contributed by atoms with Gasteiger partial charge in [-0.2, -0.15) is 0 Å². The molecule has 27 heavy (non-hydrogen) atoms. The molecular formula is C21H25N3O3. The number of aryl methyl sites for hydroxylation is 1. The molecule has 1 aromatic carbocycles. The lowest BCUT2D eigenvalue weighted by Crippen LogP contribution is -2.45. The SMILES string of the molecule is CCOC(=O)CC1CCCCN1C(=O)c1cnc(C)nc1-c1ccccc1. The third kappa shape index (κ3) is 4.51. The van der Waals surface area contributed by atoms with E-state index in [1.165, 1.54) is 0 Å². The minimum absolute atomic E-state index is 0.122. The van der Waals surface area contributed by atoms with E-state index in [0.717, 1.165) is 24.8 Å². The number of hydrogen-bond acceptors (Lipinski definition) is 5. The van der Waals surface area contributed by atoms with Crippen LogP contribution in [0.2, 0.25) is 0 Å². The molecule has 3 rings (SSSR count). The number of hydrogen-bond donors (Lipinski definition) is 0. The Balaban J connectivity index is 1.91. The number of aromatic nitrogens is 2. The van der Waals surface area contributed by atoms with Crippen molar-refractivity contribution in [1.29, 1.82) is 0 Å². The van der Waals surface area contributed by atoms with Gasteiger partial charge in [0, 0.05) is 24.3 Å². The van der Waals surface area contributed by atoms with Crippen molar-refractivity contribution in [2.45, 2.75) is 45.6 Å². The first-order valence-electron chi connectivity index (χ1n) is 9.45. The van der Waals surface area contributed by atoms with Gasteiger partial charge in [-0.1, -0.05) is 30.3 Å². The number of amides is 1. The molecule has 1 saturated heterocycles. The summed E-state index contributed by atoms with van der Waals surface area (Å²) in [6.45, 7) is 4.58.